The van der Waals surface area contributed by atoms with Crippen molar-refractivity contribution in [2.45, 2.75) is 13.2 Å². The number of fused-ring (bicyclic) bond motifs is 1. The van der Waals surface area contributed by atoms with Gasteiger partial charge in [0.25, 0.3) is 0 Å². The number of hydrogen-bond donors (Lipinski definition) is 1. The second-order valence-corrected chi connectivity index (χ2v) is 5.82. The average Bonchev–Trinajstić information content (AvgIpc) is 2.88. The highest BCUT2D eigenvalue weighted by Gasteiger charge is 2.07. The van der Waals surface area contributed by atoms with Gasteiger partial charge in [-0.05, 0) is 34.5 Å². The summed E-state index contributed by atoms with van der Waals surface area (Å²) in [5.74, 6) is 0.784. The molecule has 0 radical (unpaired) electrons. The Hall–Kier alpha value is -1.55. The quantitative estimate of drug-likeness (QED) is 0.765. The molecule has 2 aromatic carbocycles. The van der Waals surface area contributed by atoms with E-state index in [9.17, 15) is 0 Å². The molecule has 2 nitrogen and oxygen atoms in total. The van der Waals surface area contributed by atoms with Gasteiger partial charge in [-0.3, -0.25) is 0 Å². The zero-order chi connectivity index (χ0) is 13.9. The molecule has 0 aliphatic rings. The van der Waals surface area contributed by atoms with Gasteiger partial charge in [-0.25, -0.2) is 0 Å². The zero-order valence-corrected chi connectivity index (χ0v) is 12.4. The summed E-state index contributed by atoms with van der Waals surface area (Å²) >= 11 is 7.67. The molecule has 102 valence electrons. The second-order valence-electron chi connectivity index (χ2n) is 4.50. The van der Waals surface area contributed by atoms with E-state index in [1.165, 1.54) is 21.2 Å². The van der Waals surface area contributed by atoms with Gasteiger partial charge in [0.2, 0.25) is 0 Å². The van der Waals surface area contributed by atoms with E-state index in [1.807, 2.05) is 30.3 Å². The third-order valence-electron chi connectivity index (χ3n) is 3.17. The molecule has 1 aromatic heterocycles. The third kappa shape index (κ3) is 2.66. The van der Waals surface area contributed by atoms with Gasteiger partial charge in [0.15, 0.2) is 0 Å². The van der Waals surface area contributed by atoms with Crippen molar-refractivity contribution >= 4 is 33.0 Å². The van der Waals surface area contributed by atoms with Crippen LogP contribution in [-0.2, 0) is 13.2 Å². The predicted octanol–water partition coefficient (Wildman–Crippen LogP) is 4.59. The van der Waals surface area contributed by atoms with E-state index in [2.05, 4.69) is 17.5 Å². The minimum Gasteiger partial charge on any atom is -0.489 e. The van der Waals surface area contributed by atoms with E-state index in [0.29, 0.717) is 18.2 Å². The Bertz CT molecular complexity index is 738. The molecule has 0 bridgehead atoms. The lowest BCUT2D eigenvalue weighted by molar-refractivity contribution is 0.308. The zero-order valence-electron chi connectivity index (χ0n) is 10.8. The van der Waals surface area contributed by atoms with Crippen LogP contribution in [0.25, 0.3) is 10.1 Å². The van der Waals surface area contributed by atoms with Crippen LogP contribution in [0.4, 0.5) is 0 Å². The molecule has 0 fully saturated rings. The Balaban J connectivity index is 1.85. The van der Waals surface area contributed by atoms with Crippen LogP contribution < -0.4 is 10.5 Å². The fourth-order valence-electron chi connectivity index (χ4n) is 2.16. The predicted molar refractivity (Wildman–Crippen MR) is 85.5 cm³/mol. The summed E-state index contributed by atoms with van der Waals surface area (Å²) in [7, 11) is 0. The Morgan fingerprint density at radius 2 is 1.95 bits per heavy atom. The number of thiophene rings is 1. The number of halogens is 1. The summed E-state index contributed by atoms with van der Waals surface area (Å²) in [4.78, 5) is 0. The van der Waals surface area contributed by atoms with Gasteiger partial charge in [0.1, 0.15) is 12.4 Å². The van der Waals surface area contributed by atoms with Crippen LogP contribution in [0, 0.1) is 0 Å². The van der Waals surface area contributed by atoms with Crippen LogP contribution in [0.1, 0.15) is 11.1 Å². The Morgan fingerprint density at radius 3 is 2.75 bits per heavy atom. The van der Waals surface area contributed by atoms with E-state index < -0.39 is 0 Å². The topological polar surface area (TPSA) is 35.2 Å². The normalized spacial score (nSPS) is 10.9. The number of ether oxygens (including phenoxy) is 1. The van der Waals surface area contributed by atoms with Crippen LogP contribution in [0.5, 0.6) is 5.75 Å². The highest BCUT2D eigenvalue weighted by Crippen LogP contribution is 2.30. The molecule has 0 atom stereocenters. The van der Waals surface area contributed by atoms with Crippen LogP contribution in [-0.4, -0.2) is 0 Å². The minimum atomic E-state index is 0.536. The van der Waals surface area contributed by atoms with Crippen molar-refractivity contribution in [2.75, 3.05) is 0 Å². The summed E-state index contributed by atoms with van der Waals surface area (Å²) < 4.78 is 7.05. The maximum Gasteiger partial charge on any atom is 0.121 e. The molecule has 0 amide bonds. The SMILES string of the molecule is NCc1cccc2c(COc3cccc(Cl)c3)csc12. The summed E-state index contributed by atoms with van der Waals surface area (Å²) in [6.07, 6.45) is 0. The van der Waals surface area contributed by atoms with Crippen molar-refractivity contribution in [2.24, 2.45) is 5.73 Å². The standard InChI is InChI=1S/C16H14ClNOS/c17-13-4-2-5-14(7-13)19-9-12-10-20-16-11(8-18)3-1-6-15(12)16/h1-7,10H,8-9,18H2. The first-order valence-corrected chi connectivity index (χ1v) is 7.60. The van der Waals surface area contributed by atoms with Crippen LogP contribution in [0.2, 0.25) is 5.02 Å². The summed E-state index contributed by atoms with van der Waals surface area (Å²) in [5, 5.41) is 4.04. The lowest BCUT2D eigenvalue weighted by Crippen LogP contribution is -1.97. The second kappa shape index (κ2) is 5.83. The molecule has 0 spiro atoms. The van der Waals surface area contributed by atoms with Crippen molar-refractivity contribution < 1.29 is 4.74 Å². The molecule has 3 aromatic rings. The number of hydrogen-bond acceptors (Lipinski definition) is 3. The molecule has 3 rings (SSSR count). The maximum absolute atomic E-state index is 5.95. The van der Waals surface area contributed by atoms with E-state index in [1.54, 1.807) is 11.3 Å². The molecule has 0 aliphatic carbocycles. The lowest BCUT2D eigenvalue weighted by Gasteiger charge is -2.06. The molecule has 0 saturated heterocycles. The lowest BCUT2D eigenvalue weighted by atomic mass is 10.1. The van der Waals surface area contributed by atoms with Gasteiger partial charge in [-0.15, -0.1) is 11.3 Å². The minimum absolute atomic E-state index is 0.536. The van der Waals surface area contributed by atoms with Crippen molar-refractivity contribution in [1.29, 1.82) is 0 Å². The highest BCUT2D eigenvalue weighted by atomic mass is 35.5. The van der Waals surface area contributed by atoms with Gasteiger partial charge < -0.3 is 10.5 Å². The molecular weight excluding hydrogens is 290 g/mol. The Kier molecular flexibility index (Phi) is 3.92. The third-order valence-corrected chi connectivity index (χ3v) is 4.53. The molecule has 4 heteroatoms. The first-order chi connectivity index (χ1) is 9.78. The molecular formula is C16H14ClNOS. The fraction of sp³-hybridized carbons (Fsp3) is 0.125. The first kappa shape index (κ1) is 13.4. The Morgan fingerprint density at radius 1 is 1.10 bits per heavy atom. The Labute approximate surface area is 126 Å². The van der Waals surface area contributed by atoms with Crippen molar-refractivity contribution in [3.05, 3.63) is 64.0 Å². The summed E-state index contributed by atoms with van der Waals surface area (Å²) in [6, 6.07) is 13.7. The summed E-state index contributed by atoms with van der Waals surface area (Å²) in [5.41, 5.74) is 8.13. The summed E-state index contributed by atoms with van der Waals surface area (Å²) in [6.45, 7) is 1.10. The molecule has 2 N–H and O–H groups in total. The maximum atomic E-state index is 5.95. The largest absolute Gasteiger partial charge is 0.489 e. The van der Waals surface area contributed by atoms with Crippen molar-refractivity contribution in [3.8, 4) is 5.75 Å². The highest BCUT2D eigenvalue weighted by molar-refractivity contribution is 7.17. The van der Waals surface area contributed by atoms with Crippen LogP contribution in [0.3, 0.4) is 0 Å². The van der Waals surface area contributed by atoms with E-state index in [0.717, 1.165) is 5.75 Å². The van der Waals surface area contributed by atoms with Crippen molar-refractivity contribution in [1.82, 2.24) is 0 Å². The number of rotatable bonds is 4. The molecule has 20 heavy (non-hydrogen) atoms. The van der Waals surface area contributed by atoms with E-state index in [4.69, 9.17) is 22.1 Å². The van der Waals surface area contributed by atoms with Gasteiger partial charge in [0.05, 0.1) is 0 Å². The monoisotopic (exact) mass is 303 g/mol. The number of benzene rings is 2. The smallest absolute Gasteiger partial charge is 0.121 e. The first-order valence-electron chi connectivity index (χ1n) is 6.34. The van der Waals surface area contributed by atoms with Gasteiger partial charge >= 0.3 is 0 Å². The van der Waals surface area contributed by atoms with Crippen LogP contribution in [0.15, 0.2) is 47.8 Å². The van der Waals surface area contributed by atoms with Gasteiger partial charge in [-0.1, -0.05) is 35.9 Å². The van der Waals surface area contributed by atoms with Crippen LogP contribution >= 0.6 is 22.9 Å². The molecule has 0 unspecified atom stereocenters. The van der Waals surface area contributed by atoms with Gasteiger partial charge in [0, 0.05) is 21.8 Å². The molecule has 0 saturated carbocycles. The van der Waals surface area contributed by atoms with Gasteiger partial charge in [-0.2, -0.15) is 0 Å². The fourth-order valence-corrected chi connectivity index (χ4v) is 3.43. The average molecular weight is 304 g/mol. The molecule has 0 aliphatic heterocycles. The van der Waals surface area contributed by atoms with E-state index in [-0.39, 0.29) is 0 Å². The van der Waals surface area contributed by atoms with E-state index >= 15 is 0 Å². The number of nitrogens with two attached hydrogens (primary N) is 1. The molecule has 1 heterocycles. The van der Waals surface area contributed by atoms with Crippen molar-refractivity contribution in [3.63, 3.8) is 0 Å².